The number of hydrogen-bond donors (Lipinski definition) is 3. The highest BCUT2D eigenvalue weighted by molar-refractivity contribution is 5.93. The molecule has 1 aromatic rings. The number of nitriles is 1. The minimum atomic E-state index is -2.72. The van der Waals surface area contributed by atoms with Crippen LogP contribution in [-0.4, -0.2) is 59.2 Å². The van der Waals surface area contributed by atoms with E-state index >= 15 is 0 Å². The number of rotatable bonds is 24. The van der Waals surface area contributed by atoms with Crippen LogP contribution in [0.4, 0.5) is 0 Å². The number of nitrogens with zero attached hydrogens (tertiary/aromatic N) is 1. The molecule has 1 amide bonds. The van der Waals surface area contributed by atoms with Gasteiger partial charge >= 0.3 is 11.9 Å². The van der Waals surface area contributed by atoms with E-state index in [1.165, 1.54) is 32.4 Å². The second-order valence-corrected chi connectivity index (χ2v) is 11.3. The largest absolute Gasteiger partial charge is 0.481 e. The number of carboxylic acids is 1. The number of benzene rings is 1. The molecule has 0 spiro atoms. The maximum Gasteiger partial charge on any atom is 0.337 e. The van der Waals surface area contributed by atoms with Crippen LogP contribution < -0.4 is 10.1 Å². The van der Waals surface area contributed by atoms with Crippen LogP contribution >= 0.6 is 0 Å². The van der Waals surface area contributed by atoms with Crippen LogP contribution in [0.1, 0.15) is 103 Å². The SMILES string of the molecule is CC#CCOc1ccc(C[C@H](NC(=O)[C@@H](C=CCCCCCCC(=O)CCCCCCC)[C@@](O)(CC#N)C(=O)O)C(=O)OC)cc1. The van der Waals surface area contributed by atoms with Crippen molar-refractivity contribution >= 4 is 23.6 Å². The van der Waals surface area contributed by atoms with Crippen molar-refractivity contribution in [2.45, 2.75) is 115 Å². The maximum absolute atomic E-state index is 13.4. The van der Waals surface area contributed by atoms with E-state index in [2.05, 4.69) is 24.1 Å². The molecule has 3 N–H and O–H groups in total. The van der Waals surface area contributed by atoms with Crippen LogP contribution in [0, 0.1) is 29.1 Å². The molecule has 1 aromatic carbocycles. The monoisotopic (exact) mass is 638 g/mol. The van der Waals surface area contributed by atoms with Gasteiger partial charge in [0.1, 0.15) is 24.2 Å². The van der Waals surface area contributed by atoms with Crippen LogP contribution in [0.3, 0.4) is 0 Å². The standard InChI is InChI=1S/C36H50N2O8/c1-4-6-8-11-14-17-29(39)18-15-12-9-10-13-16-19-31(36(44,24-25-37)35(42)43)33(40)38-32(34(41)45-3)27-28-20-22-30(23-21-28)46-26-7-5-2/h16,19-23,31-32,44H,4,6,8-15,17-18,24,26-27H2,1-3H3,(H,38,40)(H,42,43)/t31-,32+,36+/m1/s1. The number of aliphatic carboxylic acids is 1. The first-order valence-corrected chi connectivity index (χ1v) is 16.1. The summed E-state index contributed by atoms with van der Waals surface area (Å²) in [6.07, 6.45) is 12.6. The summed E-state index contributed by atoms with van der Waals surface area (Å²) in [5.74, 6) is 1.31. The maximum atomic E-state index is 13.4. The summed E-state index contributed by atoms with van der Waals surface area (Å²) >= 11 is 0. The first-order chi connectivity index (χ1) is 22.1. The van der Waals surface area contributed by atoms with E-state index in [4.69, 9.17) is 9.47 Å². The zero-order chi connectivity index (χ0) is 34.2. The number of methoxy groups -OCH3 is 1. The van der Waals surface area contributed by atoms with Crippen molar-refractivity contribution in [2.75, 3.05) is 13.7 Å². The Labute approximate surface area is 273 Å². The van der Waals surface area contributed by atoms with Crippen LogP contribution in [0.5, 0.6) is 5.75 Å². The molecule has 0 saturated carbocycles. The normalized spacial score (nSPS) is 13.4. The van der Waals surface area contributed by atoms with Crippen molar-refractivity contribution in [1.29, 1.82) is 5.26 Å². The summed E-state index contributed by atoms with van der Waals surface area (Å²) in [4.78, 5) is 50.2. The number of ether oxygens (including phenoxy) is 2. The molecule has 0 aromatic heterocycles. The summed E-state index contributed by atoms with van der Waals surface area (Å²) in [6, 6.07) is 7.26. The number of nitrogens with one attached hydrogen (secondary N) is 1. The van der Waals surface area contributed by atoms with Gasteiger partial charge in [0.2, 0.25) is 5.91 Å². The number of carbonyl (C=O) groups is 4. The molecule has 0 fully saturated rings. The summed E-state index contributed by atoms with van der Waals surface area (Å²) in [5.41, 5.74) is -2.05. The Morgan fingerprint density at radius 3 is 2.20 bits per heavy atom. The molecule has 252 valence electrons. The molecule has 3 atom stereocenters. The number of hydrogen-bond acceptors (Lipinski definition) is 8. The second kappa shape index (κ2) is 23.2. The number of aliphatic hydroxyl groups is 1. The van der Waals surface area contributed by atoms with Gasteiger partial charge in [-0.3, -0.25) is 9.59 Å². The average Bonchev–Trinajstić information content (AvgIpc) is 3.04. The Morgan fingerprint density at radius 2 is 1.63 bits per heavy atom. The Balaban J connectivity index is 2.83. The molecular formula is C36H50N2O8. The molecule has 1 rings (SSSR count). The molecule has 0 aliphatic heterocycles. The molecule has 0 bridgehead atoms. The van der Waals surface area contributed by atoms with Gasteiger partial charge in [-0.2, -0.15) is 5.26 Å². The molecule has 0 saturated heterocycles. The fourth-order valence-electron chi connectivity index (χ4n) is 4.87. The van der Waals surface area contributed by atoms with E-state index in [9.17, 15) is 34.7 Å². The molecule has 0 heterocycles. The first-order valence-electron chi connectivity index (χ1n) is 16.1. The molecule has 10 nitrogen and oxygen atoms in total. The van der Waals surface area contributed by atoms with Gasteiger partial charge in [0.15, 0.2) is 5.60 Å². The highest BCUT2D eigenvalue weighted by Crippen LogP contribution is 2.25. The van der Waals surface area contributed by atoms with Gasteiger partial charge in [-0.25, -0.2) is 9.59 Å². The number of carboxylic acid groups (broad SMARTS) is 1. The van der Waals surface area contributed by atoms with Crippen molar-refractivity contribution in [3.8, 4) is 23.7 Å². The summed E-state index contributed by atoms with van der Waals surface area (Å²) in [7, 11) is 1.17. The average molecular weight is 639 g/mol. The summed E-state index contributed by atoms with van der Waals surface area (Å²) < 4.78 is 10.4. The number of unbranched alkanes of at least 4 members (excludes halogenated alkanes) is 8. The predicted molar refractivity (Wildman–Crippen MR) is 175 cm³/mol. The molecule has 46 heavy (non-hydrogen) atoms. The second-order valence-electron chi connectivity index (χ2n) is 11.3. The quantitative estimate of drug-likeness (QED) is 0.0577. The van der Waals surface area contributed by atoms with Gasteiger partial charge in [0.05, 0.1) is 25.5 Å². The van der Waals surface area contributed by atoms with Crippen molar-refractivity contribution in [3.05, 3.63) is 42.0 Å². The molecule has 0 radical (unpaired) electrons. The minimum absolute atomic E-state index is 0.0228. The number of allylic oxidation sites excluding steroid dienone is 1. The zero-order valence-electron chi connectivity index (χ0n) is 27.5. The zero-order valence-corrected chi connectivity index (χ0v) is 27.5. The summed E-state index contributed by atoms with van der Waals surface area (Å²) in [6.45, 7) is 4.09. The van der Waals surface area contributed by atoms with Gasteiger partial charge < -0.3 is 25.0 Å². The van der Waals surface area contributed by atoms with E-state index in [0.29, 0.717) is 36.4 Å². The first kappa shape index (κ1) is 39.9. The van der Waals surface area contributed by atoms with Crippen LogP contribution in [0.2, 0.25) is 0 Å². The van der Waals surface area contributed by atoms with Crippen molar-refractivity contribution < 1.29 is 38.9 Å². The molecule has 10 heteroatoms. The fraction of sp³-hybridized carbons (Fsp3) is 0.583. The number of Topliss-reactive ketones (excluding diaryl/α,β-unsaturated/α-hetero) is 1. The highest BCUT2D eigenvalue weighted by Gasteiger charge is 2.47. The van der Waals surface area contributed by atoms with Crippen molar-refractivity contribution in [3.63, 3.8) is 0 Å². The number of amides is 1. The van der Waals surface area contributed by atoms with Crippen LogP contribution in [0.25, 0.3) is 0 Å². The van der Waals surface area contributed by atoms with E-state index in [1.54, 1.807) is 43.3 Å². The van der Waals surface area contributed by atoms with E-state index in [0.717, 1.165) is 38.5 Å². The molecule has 0 unspecified atom stereocenters. The van der Waals surface area contributed by atoms with Crippen molar-refractivity contribution in [2.24, 2.45) is 5.92 Å². The lowest BCUT2D eigenvalue weighted by Crippen LogP contribution is -2.54. The van der Waals surface area contributed by atoms with Crippen molar-refractivity contribution in [1.82, 2.24) is 5.32 Å². The van der Waals surface area contributed by atoms with E-state index < -0.39 is 41.8 Å². The number of carbonyl (C=O) groups excluding carboxylic acids is 3. The van der Waals surface area contributed by atoms with Crippen LogP contribution in [0.15, 0.2) is 36.4 Å². The van der Waals surface area contributed by atoms with Gasteiger partial charge in [0.25, 0.3) is 0 Å². The lowest BCUT2D eigenvalue weighted by molar-refractivity contribution is -0.166. The van der Waals surface area contributed by atoms with Gasteiger partial charge in [0, 0.05) is 19.3 Å². The third-order valence-electron chi connectivity index (χ3n) is 7.63. The van der Waals surface area contributed by atoms with Crippen LogP contribution in [-0.2, 0) is 30.3 Å². The third kappa shape index (κ3) is 15.2. The minimum Gasteiger partial charge on any atom is -0.481 e. The number of esters is 1. The molecule has 0 aliphatic rings. The Bertz CT molecular complexity index is 1230. The Hall–Kier alpha value is -4.15. The third-order valence-corrected chi connectivity index (χ3v) is 7.63. The van der Waals surface area contributed by atoms with Gasteiger partial charge in [-0.1, -0.05) is 75.7 Å². The lowest BCUT2D eigenvalue weighted by Gasteiger charge is -2.29. The van der Waals surface area contributed by atoms with E-state index in [-0.39, 0.29) is 13.0 Å². The fourth-order valence-corrected chi connectivity index (χ4v) is 4.87. The smallest absolute Gasteiger partial charge is 0.337 e. The topological polar surface area (TPSA) is 163 Å². The van der Waals surface area contributed by atoms with E-state index in [1.807, 2.05) is 0 Å². The van der Waals surface area contributed by atoms with Gasteiger partial charge in [-0.05, 0) is 50.3 Å². The lowest BCUT2D eigenvalue weighted by atomic mass is 9.83. The Kier molecular flexibility index (Phi) is 20.1. The highest BCUT2D eigenvalue weighted by atomic mass is 16.5. The summed E-state index contributed by atoms with van der Waals surface area (Å²) in [5, 5.41) is 32.5. The molecular weight excluding hydrogens is 588 g/mol. The molecule has 0 aliphatic carbocycles. The van der Waals surface area contributed by atoms with Gasteiger partial charge in [-0.15, -0.1) is 5.92 Å². The predicted octanol–water partition coefficient (Wildman–Crippen LogP) is 5.46. The number of ketones is 1. The Morgan fingerprint density at radius 1 is 1.00 bits per heavy atom.